The topological polar surface area (TPSA) is 42.0 Å². The first kappa shape index (κ1) is 14.6. The first-order chi connectivity index (χ1) is 9.00. The monoisotopic (exact) mass is 378 g/mol. The quantitative estimate of drug-likeness (QED) is 0.740. The summed E-state index contributed by atoms with van der Waals surface area (Å²) in [5.74, 6) is -0.382. The molecule has 98 valence electrons. The van der Waals surface area contributed by atoms with Crippen molar-refractivity contribution in [2.45, 2.75) is 0 Å². The van der Waals surface area contributed by atoms with Gasteiger partial charge in [0.1, 0.15) is 0 Å². The predicted molar refractivity (Wildman–Crippen MR) is 81.4 cm³/mol. The second-order valence-electron chi connectivity index (χ2n) is 3.53. The highest BCUT2D eigenvalue weighted by Gasteiger charge is 2.14. The molecule has 0 unspecified atom stereocenters. The fraction of sp³-hybridized carbons (Fsp3) is 0. The molecular formula is C12H6BrCl3N2O. The second-order valence-corrected chi connectivity index (χ2v) is 5.55. The largest absolute Gasteiger partial charge is 0.321 e. The summed E-state index contributed by atoms with van der Waals surface area (Å²) >= 11 is 21.2. The lowest BCUT2D eigenvalue weighted by Crippen LogP contribution is -2.13. The van der Waals surface area contributed by atoms with Crippen LogP contribution >= 0.6 is 50.7 Å². The Hall–Kier alpha value is -0.810. The van der Waals surface area contributed by atoms with Crippen molar-refractivity contribution >= 4 is 62.3 Å². The molecule has 0 aliphatic carbocycles. The van der Waals surface area contributed by atoms with Gasteiger partial charge in [0.2, 0.25) is 0 Å². The van der Waals surface area contributed by atoms with Gasteiger partial charge in [-0.3, -0.25) is 9.78 Å². The van der Waals surface area contributed by atoms with Gasteiger partial charge in [0.25, 0.3) is 5.91 Å². The molecule has 0 atom stereocenters. The standard InChI is InChI=1S/C12H6BrCl3N2O/c13-7-1-2-9(11(16)10(7)15)18-12(19)6-3-4-17-5-8(6)14/h1-5H,(H,18,19). The van der Waals surface area contributed by atoms with Crippen molar-refractivity contribution < 1.29 is 4.79 Å². The number of aromatic nitrogens is 1. The maximum atomic E-state index is 12.0. The first-order valence-electron chi connectivity index (χ1n) is 5.05. The summed E-state index contributed by atoms with van der Waals surface area (Å²) in [5.41, 5.74) is 0.722. The zero-order chi connectivity index (χ0) is 14.0. The molecule has 1 aromatic carbocycles. The van der Waals surface area contributed by atoms with Gasteiger partial charge in [-0.05, 0) is 34.1 Å². The molecule has 1 amide bonds. The molecule has 7 heteroatoms. The van der Waals surface area contributed by atoms with E-state index in [0.29, 0.717) is 20.7 Å². The van der Waals surface area contributed by atoms with Crippen LogP contribution in [0.5, 0.6) is 0 Å². The number of nitrogens with one attached hydrogen (secondary N) is 1. The third-order valence-electron chi connectivity index (χ3n) is 2.30. The molecule has 1 N–H and O–H groups in total. The van der Waals surface area contributed by atoms with E-state index in [4.69, 9.17) is 34.8 Å². The number of anilines is 1. The van der Waals surface area contributed by atoms with E-state index in [1.165, 1.54) is 18.5 Å². The number of carbonyl (C=O) groups excluding carboxylic acids is 1. The Morgan fingerprint density at radius 1 is 1.16 bits per heavy atom. The fourth-order valence-corrected chi connectivity index (χ4v) is 2.40. The third-order valence-corrected chi connectivity index (χ3v) is 4.37. The van der Waals surface area contributed by atoms with E-state index >= 15 is 0 Å². The first-order valence-corrected chi connectivity index (χ1v) is 6.97. The number of amides is 1. The third kappa shape index (κ3) is 3.20. The van der Waals surface area contributed by atoms with Crippen LogP contribution in [-0.2, 0) is 0 Å². The number of nitrogens with zero attached hydrogens (tertiary/aromatic N) is 1. The van der Waals surface area contributed by atoms with Crippen LogP contribution < -0.4 is 5.32 Å². The van der Waals surface area contributed by atoms with Gasteiger partial charge in [0, 0.05) is 16.9 Å². The van der Waals surface area contributed by atoms with Crippen molar-refractivity contribution in [2.75, 3.05) is 5.32 Å². The second kappa shape index (κ2) is 6.09. The summed E-state index contributed by atoms with van der Waals surface area (Å²) in [6, 6.07) is 4.86. The van der Waals surface area contributed by atoms with Gasteiger partial charge in [0.15, 0.2) is 0 Å². The van der Waals surface area contributed by atoms with Gasteiger partial charge >= 0.3 is 0 Å². The van der Waals surface area contributed by atoms with Crippen molar-refractivity contribution in [3.8, 4) is 0 Å². The molecule has 0 radical (unpaired) electrons. The molecule has 1 aromatic heterocycles. The minimum atomic E-state index is -0.382. The van der Waals surface area contributed by atoms with Gasteiger partial charge in [0.05, 0.1) is 26.3 Å². The van der Waals surface area contributed by atoms with E-state index in [0.717, 1.165) is 0 Å². The lowest BCUT2D eigenvalue weighted by molar-refractivity contribution is 0.102. The number of halogens is 4. The highest BCUT2D eigenvalue weighted by atomic mass is 79.9. The lowest BCUT2D eigenvalue weighted by Gasteiger charge is -2.10. The Morgan fingerprint density at radius 2 is 1.89 bits per heavy atom. The Kier molecular flexibility index (Phi) is 4.68. The molecule has 0 fully saturated rings. The minimum absolute atomic E-state index is 0.259. The summed E-state index contributed by atoms with van der Waals surface area (Å²) in [7, 11) is 0. The number of hydrogen-bond donors (Lipinski definition) is 1. The number of pyridine rings is 1. The number of benzene rings is 1. The van der Waals surface area contributed by atoms with Crippen LogP contribution in [0.1, 0.15) is 10.4 Å². The average Bonchev–Trinajstić information content (AvgIpc) is 2.40. The molecule has 0 aliphatic rings. The zero-order valence-corrected chi connectivity index (χ0v) is 13.1. The molecule has 0 bridgehead atoms. The van der Waals surface area contributed by atoms with E-state index in [-0.39, 0.29) is 16.0 Å². The van der Waals surface area contributed by atoms with Crippen LogP contribution in [0.15, 0.2) is 35.1 Å². The Balaban J connectivity index is 2.30. The maximum absolute atomic E-state index is 12.0. The number of hydrogen-bond acceptors (Lipinski definition) is 2. The summed E-state index contributed by atoms with van der Waals surface area (Å²) in [6.07, 6.45) is 2.88. The molecule has 0 spiro atoms. The molecule has 2 rings (SSSR count). The highest BCUT2D eigenvalue weighted by Crippen LogP contribution is 2.36. The van der Waals surface area contributed by atoms with Crippen LogP contribution in [0.4, 0.5) is 5.69 Å². The summed E-state index contributed by atoms with van der Waals surface area (Å²) < 4.78 is 0.652. The van der Waals surface area contributed by atoms with Crippen LogP contribution in [0.25, 0.3) is 0 Å². The average molecular weight is 380 g/mol. The van der Waals surface area contributed by atoms with Gasteiger partial charge in [-0.15, -0.1) is 0 Å². The predicted octanol–water partition coefficient (Wildman–Crippen LogP) is 5.06. The summed E-state index contributed by atoms with van der Waals surface area (Å²) in [6.45, 7) is 0. The molecule has 2 aromatic rings. The molecule has 0 saturated carbocycles. The van der Waals surface area contributed by atoms with Crippen molar-refractivity contribution in [1.82, 2.24) is 4.98 Å². The lowest BCUT2D eigenvalue weighted by atomic mass is 10.2. The molecule has 0 saturated heterocycles. The fourth-order valence-electron chi connectivity index (χ4n) is 1.37. The summed E-state index contributed by atoms with van der Waals surface area (Å²) in [4.78, 5) is 15.9. The van der Waals surface area contributed by atoms with Gasteiger partial charge in [-0.1, -0.05) is 34.8 Å². The van der Waals surface area contributed by atoms with Crippen molar-refractivity contribution in [2.24, 2.45) is 0 Å². The number of carbonyl (C=O) groups is 1. The smallest absolute Gasteiger partial charge is 0.257 e. The van der Waals surface area contributed by atoms with Gasteiger partial charge in [-0.25, -0.2) is 0 Å². The number of rotatable bonds is 2. The van der Waals surface area contributed by atoms with Crippen molar-refractivity contribution in [3.05, 3.63) is 55.7 Å². The molecular weight excluding hydrogens is 374 g/mol. The minimum Gasteiger partial charge on any atom is -0.321 e. The Morgan fingerprint density at radius 3 is 2.58 bits per heavy atom. The van der Waals surface area contributed by atoms with E-state index in [1.807, 2.05) is 0 Å². The normalized spacial score (nSPS) is 10.3. The highest BCUT2D eigenvalue weighted by molar-refractivity contribution is 9.10. The van der Waals surface area contributed by atoms with Crippen LogP contribution in [0.2, 0.25) is 15.1 Å². The van der Waals surface area contributed by atoms with Gasteiger partial charge < -0.3 is 5.32 Å². The molecule has 3 nitrogen and oxygen atoms in total. The SMILES string of the molecule is O=C(Nc1ccc(Br)c(Cl)c1Cl)c1ccncc1Cl. The molecule has 0 aliphatic heterocycles. The Labute approximate surface area is 133 Å². The van der Waals surface area contributed by atoms with Crippen molar-refractivity contribution in [1.29, 1.82) is 0 Å². The molecule has 1 heterocycles. The van der Waals surface area contributed by atoms with Gasteiger partial charge in [-0.2, -0.15) is 0 Å². The van der Waals surface area contributed by atoms with Crippen LogP contribution in [-0.4, -0.2) is 10.9 Å². The van der Waals surface area contributed by atoms with E-state index in [2.05, 4.69) is 26.2 Å². The zero-order valence-electron chi connectivity index (χ0n) is 9.25. The van der Waals surface area contributed by atoms with Crippen molar-refractivity contribution in [3.63, 3.8) is 0 Å². The van der Waals surface area contributed by atoms with Crippen LogP contribution in [0, 0.1) is 0 Å². The van der Waals surface area contributed by atoms with E-state index in [1.54, 1.807) is 12.1 Å². The molecule has 19 heavy (non-hydrogen) atoms. The summed E-state index contributed by atoms with van der Waals surface area (Å²) in [5, 5.41) is 3.50. The Bertz CT molecular complexity index is 649. The van der Waals surface area contributed by atoms with E-state index in [9.17, 15) is 4.79 Å². The maximum Gasteiger partial charge on any atom is 0.257 e. The van der Waals surface area contributed by atoms with E-state index < -0.39 is 0 Å². The van der Waals surface area contributed by atoms with Crippen LogP contribution in [0.3, 0.4) is 0 Å².